The van der Waals surface area contributed by atoms with Crippen LogP contribution >= 0.6 is 11.6 Å². The molecule has 0 saturated carbocycles. The standard InChI is InChI=1S/C9H7ClN2O3/c1-11-8(13)12-6-3-2-5(10)4-7(6)15-9(12)14/h2-4H,1H3,(H,11,13). The fourth-order valence-electron chi connectivity index (χ4n) is 1.30. The van der Waals surface area contributed by atoms with Crippen LogP contribution in [0.4, 0.5) is 4.79 Å². The zero-order valence-corrected chi connectivity index (χ0v) is 8.54. The van der Waals surface area contributed by atoms with Gasteiger partial charge in [-0.1, -0.05) is 11.6 Å². The minimum Gasteiger partial charge on any atom is -0.407 e. The lowest BCUT2D eigenvalue weighted by Crippen LogP contribution is -2.31. The molecule has 0 aliphatic rings. The third-order valence-corrected chi connectivity index (χ3v) is 2.19. The molecule has 5 nitrogen and oxygen atoms in total. The Balaban J connectivity index is 2.80. The van der Waals surface area contributed by atoms with Crippen molar-refractivity contribution in [2.45, 2.75) is 0 Å². The smallest absolute Gasteiger partial charge is 0.407 e. The van der Waals surface area contributed by atoms with Crippen LogP contribution in [-0.2, 0) is 0 Å². The molecule has 1 N–H and O–H groups in total. The lowest BCUT2D eigenvalue weighted by Gasteiger charge is -1.98. The Morgan fingerprint density at radius 2 is 2.27 bits per heavy atom. The largest absolute Gasteiger partial charge is 0.428 e. The molecule has 1 aromatic carbocycles. The van der Waals surface area contributed by atoms with E-state index >= 15 is 0 Å². The number of hydrogen-bond acceptors (Lipinski definition) is 3. The molecule has 0 bridgehead atoms. The molecular weight excluding hydrogens is 220 g/mol. The van der Waals surface area contributed by atoms with E-state index in [2.05, 4.69) is 5.32 Å². The average Bonchev–Trinajstić information content (AvgIpc) is 2.52. The Morgan fingerprint density at radius 3 is 2.93 bits per heavy atom. The number of aromatic nitrogens is 1. The van der Waals surface area contributed by atoms with Gasteiger partial charge in [0.05, 0.1) is 5.52 Å². The Labute approximate surface area is 89.2 Å². The SMILES string of the molecule is CNC(=O)n1c(=O)oc2cc(Cl)ccc21. The number of rotatable bonds is 0. The van der Waals surface area contributed by atoms with E-state index in [1.165, 1.54) is 13.1 Å². The van der Waals surface area contributed by atoms with E-state index in [0.29, 0.717) is 10.5 Å². The Bertz CT molecular complexity index is 585. The van der Waals surface area contributed by atoms with Crippen LogP contribution in [0.15, 0.2) is 27.4 Å². The predicted molar refractivity (Wildman–Crippen MR) is 55.3 cm³/mol. The van der Waals surface area contributed by atoms with Crippen molar-refractivity contribution in [3.8, 4) is 0 Å². The van der Waals surface area contributed by atoms with Crippen molar-refractivity contribution in [1.82, 2.24) is 9.88 Å². The van der Waals surface area contributed by atoms with Crippen molar-refractivity contribution < 1.29 is 9.21 Å². The number of nitrogens with one attached hydrogen (secondary N) is 1. The summed E-state index contributed by atoms with van der Waals surface area (Å²) in [5, 5.41) is 2.79. The summed E-state index contributed by atoms with van der Waals surface area (Å²) in [7, 11) is 1.43. The van der Waals surface area contributed by atoms with E-state index in [1.807, 2.05) is 0 Å². The highest BCUT2D eigenvalue weighted by Gasteiger charge is 2.14. The third kappa shape index (κ3) is 1.50. The summed E-state index contributed by atoms with van der Waals surface area (Å²) in [6.45, 7) is 0. The molecule has 0 aliphatic heterocycles. The van der Waals surface area contributed by atoms with E-state index in [0.717, 1.165) is 4.57 Å². The van der Waals surface area contributed by atoms with Gasteiger partial charge in [-0.25, -0.2) is 9.59 Å². The first-order chi connectivity index (χ1) is 7.13. The maximum absolute atomic E-state index is 11.4. The molecule has 0 aliphatic carbocycles. The molecule has 1 aromatic heterocycles. The molecule has 1 heterocycles. The average molecular weight is 227 g/mol. The van der Waals surface area contributed by atoms with Gasteiger partial charge in [-0.3, -0.25) is 0 Å². The van der Waals surface area contributed by atoms with Crippen molar-refractivity contribution >= 4 is 28.7 Å². The second-order valence-corrected chi connectivity index (χ2v) is 3.31. The fraction of sp³-hybridized carbons (Fsp3) is 0.111. The Kier molecular flexibility index (Phi) is 2.24. The summed E-state index contributed by atoms with van der Waals surface area (Å²) in [4.78, 5) is 22.7. The van der Waals surface area contributed by atoms with Crippen molar-refractivity contribution in [2.24, 2.45) is 0 Å². The van der Waals surface area contributed by atoms with Gasteiger partial charge in [-0.2, -0.15) is 4.57 Å². The summed E-state index contributed by atoms with van der Waals surface area (Å²) in [5.41, 5.74) is 0.680. The van der Waals surface area contributed by atoms with Crippen LogP contribution in [0.3, 0.4) is 0 Å². The highest BCUT2D eigenvalue weighted by atomic mass is 35.5. The van der Waals surface area contributed by atoms with Crippen LogP contribution in [0.2, 0.25) is 5.02 Å². The van der Waals surface area contributed by atoms with E-state index in [1.54, 1.807) is 12.1 Å². The molecular formula is C9H7ClN2O3. The lowest BCUT2D eigenvalue weighted by atomic mass is 10.3. The van der Waals surface area contributed by atoms with Gasteiger partial charge in [-0.05, 0) is 12.1 Å². The van der Waals surface area contributed by atoms with Gasteiger partial charge in [0.1, 0.15) is 0 Å². The number of carbonyl (C=O) groups is 1. The molecule has 0 unspecified atom stereocenters. The van der Waals surface area contributed by atoms with E-state index in [9.17, 15) is 9.59 Å². The lowest BCUT2D eigenvalue weighted by molar-refractivity contribution is 0.243. The number of amides is 1. The molecule has 15 heavy (non-hydrogen) atoms. The van der Waals surface area contributed by atoms with Crippen LogP contribution < -0.4 is 11.1 Å². The number of halogens is 1. The maximum atomic E-state index is 11.4. The van der Waals surface area contributed by atoms with Crippen molar-refractivity contribution in [1.29, 1.82) is 0 Å². The fourth-order valence-corrected chi connectivity index (χ4v) is 1.46. The number of hydrogen-bond donors (Lipinski definition) is 1. The molecule has 0 fully saturated rings. The minimum atomic E-state index is -0.730. The first kappa shape index (κ1) is 9.79. The minimum absolute atomic E-state index is 0.288. The highest BCUT2D eigenvalue weighted by Crippen LogP contribution is 2.17. The summed E-state index contributed by atoms with van der Waals surface area (Å²) in [5.74, 6) is -0.730. The van der Waals surface area contributed by atoms with Crippen molar-refractivity contribution in [3.63, 3.8) is 0 Å². The van der Waals surface area contributed by atoms with Gasteiger partial charge >= 0.3 is 11.8 Å². The summed E-state index contributed by atoms with van der Waals surface area (Å²) < 4.78 is 5.77. The van der Waals surface area contributed by atoms with Crippen LogP contribution in [0, 0.1) is 0 Å². The number of nitrogens with zero attached hydrogens (tertiary/aromatic N) is 1. The Morgan fingerprint density at radius 1 is 1.53 bits per heavy atom. The van der Waals surface area contributed by atoms with Crippen molar-refractivity contribution in [2.75, 3.05) is 7.05 Å². The zero-order chi connectivity index (χ0) is 11.0. The first-order valence-corrected chi connectivity index (χ1v) is 4.54. The highest BCUT2D eigenvalue weighted by molar-refractivity contribution is 6.31. The molecule has 78 valence electrons. The van der Waals surface area contributed by atoms with E-state index in [4.69, 9.17) is 16.0 Å². The first-order valence-electron chi connectivity index (χ1n) is 4.16. The molecule has 1 amide bonds. The zero-order valence-electron chi connectivity index (χ0n) is 7.78. The third-order valence-electron chi connectivity index (χ3n) is 1.96. The maximum Gasteiger partial charge on any atom is 0.428 e. The van der Waals surface area contributed by atoms with E-state index in [-0.39, 0.29) is 5.58 Å². The second kappa shape index (κ2) is 3.43. The number of carbonyl (C=O) groups excluding carboxylic acids is 1. The summed E-state index contributed by atoms with van der Waals surface area (Å²) >= 11 is 5.72. The van der Waals surface area contributed by atoms with Gasteiger partial charge in [-0.15, -0.1) is 0 Å². The second-order valence-electron chi connectivity index (χ2n) is 2.87. The molecule has 2 rings (SSSR count). The summed E-state index contributed by atoms with van der Waals surface area (Å²) in [6, 6.07) is 4.08. The van der Waals surface area contributed by atoms with Crippen LogP contribution in [0.5, 0.6) is 0 Å². The predicted octanol–water partition coefficient (Wildman–Crippen LogP) is 1.44. The molecule has 0 saturated heterocycles. The van der Waals surface area contributed by atoms with Crippen LogP contribution in [0.1, 0.15) is 0 Å². The van der Waals surface area contributed by atoms with Gasteiger partial charge < -0.3 is 9.73 Å². The molecule has 0 spiro atoms. The number of fused-ring (bicyclic) bond motifs is 1. The van der Waals surface area contributed by atoms with Gasteiger partial charge in [0, 0.05) is 18.1 Å². The molecule has 0 radical (unpaired) electrons. The van der Waals surface area contributed by atoms with Gasteiger partial charge in [0.25, 0.3) is 0 Å². The monoisotopic (exact) mass is 226 g/mol. The molecule has 6 heteroatoms. The van der Waals surface area contributed by atoms with Gasteiger partial charge in [0.15, 0.2) is 5.58 Å². The summed E-state index contributed by atoms with van der Waals surface area (Å²) in [6.07, 6.45) is 0. The normalized spacial score (nSPS) is 10.5. The van der Waals surface area contributed by atoms with Crippen LogP contribution in [0.25, 0.3) is 11.1 Å². The molecule has 0 atom stereocenters. The van der Waals surface area contributed by atoms with Crippen molar-refractivity contribution in [3.05, 3.63) is 33.8 Å². The molecule has 2 aromatic rings. The van der Waals surface area contributed by atoms with Crippen LogP contribution in [-0.4, -0.2) is 17.6 Å². The quantitative estimate of drug-likeness (QED) is 0.739. The topological polar surface area (TPSA) is 64.2 Å². The number of oxazole rings is 1. The number of benzene rings is 1. The van der Waals surface area contributed by atoms with Gasteiger partial charge in [0.2, 0.25) is 0 Å². The Hall–Kier alpha value is -1.75. The van der Waals surface area contributed by atoms with E-state index < -0.39 is 11.8 Å².